The quantitative estimate of drug-likeness (QED) is 0.623. The van der Waals surface area contributed by atoms with Gasteiger partial charge < -0.3 is 25.0 Å². The number of benzene rings is 2. The monoisotopic (exact) mass is 500 g/mol. The average molecular weight is 501 g/mol. The molecule has 2 aromatic rings. The lowest BCUT2D eigenvalue weighted by Crippen LogP contribution is -2.46. The zero-order valence-corrected chi connectivity index (χ0v) is 21.7. The highest BCUT2D eigenvalue weighted by atomic mass is 19.1. The number of methoxy groups -OCH3 is 1. The molecule has 0 unspecified atom stereocenters. The van der Waals surface area contributed by atoms with Crippen molar-refractivity contribution in [3.05, 3.63) is 53.8 Å². The minimum absolute atomic E-state index is 0.109. The molecule has 0 fully saturated rings. The molecule has 8 nitrogen and oxygen atoms in total. The number of halogens is 1. The zero-order chi connectivity index (χ0) is 26.2. The van der Waals surface area contributed by atoms with Crippen LogP contribution in [0, 0.1) is 11.7 Å². The van der Waals surface area contributed by atoms with Crippen LogP contribution >= 0.6 is 0 Å². The fourth-order valence-electron chi connectivity index (χ4n) is 4.38. The number of amides is 3. The van der Waals surface area contributed by atoms with E-state index in [0.29, 0.717) is 35.8 Å². The number of anilines is 2. The second-order valence-corrected chi connectivity index (χ2v) is 9.39. The second-order valence-electron chi connectivity index (χ2n) is 9.39. The molecule has 2 N–H and O–H groups in total. The summed E-state index contributed by atoms with van der Waals surface area (Å²) in [4.78, 5) is 29.8. The van der Waals surface area contributed by atoms with Crippen LogP contribution in [0.2, 0.25) is 0 Å². The number of ether oxygens (including phenoxy) is 2. The molecule has 0 aliphatic carbocycles. The van der Waals surface area contributed by atoms with Gasteiger partial charge in [0.25, 0.3) is 5.91 Å². The zero-order valence-electron chi connectivity index (χ0n) is 21.7. The van der Waals surface area contributed by atoms with Crippen molar-refractivity contribution in [3.63, 3.8) is 0 Å². The summed E-state index contributed by atoms with van der Waals surface area (Å²) in [6, 6.07) is 10.2. The molecule has 0 spiro atoms. The van der Waals surface area contributed by atoms with Crippen LogP contribution < -0.4 is 15.4 Å². The molecule has 36 heavy (non-hydrogen) atoms. The van der Waals surface area contributed by atoms with Crippen LogP contribution in [0.1, 0.15) is 37.6 Å². The normalized spacial score (nSPS) is 21.6. The first kappa shape index (κ1) is 27.4. The van der Waals surface area contributed by atoms with Crippen LogP contribution in [0.4, 0.5) is 20.6 Å². The van der Waals surface area contributed by atoms with Crippen LogP contribution in [-0.4, -0.2) is 74.3 Å². The van der Waals surface area contributed by atoms with Gasteiger partial charge in [0.05, 0.1) is 11.7 Å². The van der Waals surface area contributed by atoms with E-state index in [1.165, 1.54) is 18.2 Å². The van der Waals surface area contributed by atoms with Crippen LogP contribution in [0.15, 0.2) is 42.5 Å². The lowest BCUT2D eigenvalue weighted by Gasteiger charge is -2.35. The van der Waals surface area contributed by atoms with E-state index in [4.69, 9.17) is 9.47 Å². The van der Waals surface area contributed by atoms with Crippen molar-refractivity contribution in [2.75, 3.05) is 51.0 Å². The maximum absolute atomic E-state index is 13.4. The Labute approximate surface area is 212 Å². The minimum Gasteiger partial charge on any atom is -0.491 e. The molecule has 0 bridgehead atoms. The highest BCUT2D eigenvalue weighted by molar-refractivity contribution is 6.01. The standard InChI is InChI=1S/C27H37FN4O4/c1-6-12-32-15-18(2)25(35-5)16-31(4)26(33)23-11-10-22(14-24(23)36-17-19(32)3)30-27(34)29-21-9-7-8-20(28)13-21/h7-11,13-14,18-19,25H,6,12,15-17H2,1-5H3,(H2,29,30,34)/t18-,19-,25+/m1/s1. The van der Waals surface area contributed by atoms with Gasteiger partial charge in [-0.3, -0.25) is 9.69 Å². The van der Waals surface area contributed by atoms with Crippen molar-refractivity contribution in [1.29, 1.82) is 0 Å². The van der Waals surface area contributed by atoms with E-state index in [1.54, 1.807) is 43.3 Å². The van der Waals surface area contributed by atoms with E-state index in [-0.39, 0.29) is 24.0 Å². The van der Waals surface area contributed by atoms with Gasteiger partial charge in [-0.05, 0) is 56.1 Å². The van der Waals surface area contributed by atoms with Crippen molar-refractivity contribution >= 4 is 23.3 Å². The minimum atomic E-state index is -0.531. The number of likely N-dealkylation sites (N-methyl/N-ethyl adjacent to an activating group) is 1. The van der Waals surface area contributed by atoms with Gasteiger partial charge in [0, 0.05) is 50.7 Å². The van der Waals surface area contributed by atoms with Gasteiger partial charge in [0.2, 0.25) is 0 Å². The Bertz CT molecular complexity index is 1050. The first-order valence-corrected chi connectivity index (χ1v) is 12.3. The summed E-state index contributed by atoms with van der Waals surface area (Å²) in [5.74, 6) is -0.0174. The summed E-state index contributed by atoms with van der Waals surface area (Å²) in [6.45, 7) is 8.99. The lowest BCUT2D eigenvalue weighted by atomic mass is 10.0. The van der Waals surface area contributed by atoms with E-state index in [9.17, 15) is 14.0 Å². The Morgan fingerprint density at radius 3 is 2.53 bits per heavy atom. The van der Waals surface area contributed by atoms with Crippen molar-refractivity contribution < 1.29 is 23.5 Å². The van der Waals surface area contributed by atoms with Crippen molar-refractivity contribution in [2.24, 2.45) is 5.92 Å². The van der Waals surface area contributed by atoms with E-state index >= 15 is 0 Å². The smallest absolute Gasteiger partial charge is 0.323 e. The molecule has 1 heterocycles. The third-order valence-corrected chi connectivity index (χ3v) is 6.43. The Hall–Kier alpha value is -3.17. The fourth-order valence-corrected chi connectivity index (χ4v) is 4.38. The van der Waals surface area contributed by atoms with E-state index < -0.39 is 11.8 Å². The third kappa shape index (κ3) is 7.18. The number of nitrogens with zero attached hydrogens (tertiary/aromatic N) is 2. The highest BCUT2D eigenvalue weighted by Gasteiger charge is 2.28. The van der Waals surface area contributed by atoms with E-state index in [0.717, 1.165) is 19.5 Å². The number of urea groups is 1. The molecule has 1 aliphatic heterocycles. The first-order chi connectivity index (χ1) is 17.2. The van der Waals surface area contributed by atoms with Crippen molar-refractivity contribution in [2.45, 2.75) is 39.3 Å². The Balaban J connectivity index is 1.85. The summed E-state index contributed by atoms with van der Waals surface area (Å²) in [5, 5.41) is 5.33. The van der Waals surface area contributed by atoms with Crippen molar-refractivity contribution in [3.8, 4) is 5.75 Å². The number of rotatable bonds is 5. The summed E-state index contributed by atoms with van der Waals surface area (Å²) in [5.41, 5.74) is 1.19. The van der Waals surface area contributed by atoms with Gasteiger partial charge in [-0.25, -0.2) is 9.18 Å². The van der Waals surface area contributed by atoms with Gasteiger partial charge in [-0.15, -0.1) is 0 Å². The number of hydrogen-bond donors (Lipinski definition) is 2. The van der Waals surface area contributed by atoms with Gasteiger partial charge in [0.1, 0.15) is 18.2 Å². The molecule has 0 saturated carbocycles. The van der Waals surface area contributed by atoms with Crippen LogP contribution in [-0.2, 0) is 4.74 Å². The van der Waals surface area contributed by atoms with Crippen LogP contribution in [0.5, 0.6) is 5.75 Å². The van der Waals surface area contributed by atoms with Crippen LogP contribution in [0.3, 0.4) is 0 Å². The number of hydrogen-bond acceptors (Lipinski definition) is 5. The summed E-state index contributed by atoms with van der Waals surface area (Å²) >= 11 is 0. The molecule has 3 amide bonds. The van der Waals surface area contributed by atoms with Crippen molar-refractivity contribution in [1.82, 2.24) is 9.80 Å². The molecule has 3 atom stereocenters. The summed E-state index contributed by atoms with van der Waals surface area (Å²) in [7, 11) is 3.43. The number of nitrogens with one attached hydrogen (secondary N) is 2. The Morgan fingerprint density at radius 2 is 1.86 bits per heavy atom. The molecular formula is C27H37FN4O4. The Morgan fingerprint density at radius 1 is 1.14 bits per heavy atom. The largest absolute Gasteiger partial charge is 0.491 e. The average Bonchev–Trinajstić information content (AvgIpc) is 2.84. The first-order valence-electron chi connectivity index (χ1n) is 12.3. The molecule has 196 valence electrons. The SMILES string of the molecule is CCCN1C[C@@H](C)[C@@H](OC)CN(C)C(=O)c2ccc(NC(=O)Nc3cccc(F)c3)cc2OC[C@H]1C. The summed E-state index contributed by atoms with van der Waals surface area (Å²) in [6.07, 6.45) is 0.903. The molecule has 0 aromatic heterocycles. The Kier molecular flexibility index (Phi) is 9.66. The van der Waals surface area contributed by atoms with E-state index in [1.807, 2.05) is 0 Å². The molecule has 9 heteroatoms. The highest BCUT2D eigenvalue weighted by Crippen LogP contribution is 2.27. The fraction of sp³-hybridized carbons (Fsp3) is 0.481. The predicted molar refractivity (Wildman–Crippen MR) is 139 cm³/mol. The molecule has 0 radical (unpaired) electrons. The molecule has 0 saturated heterocycles. The number of carbonyl (C=O) groups is 2. The maximum Gasteiger partial charge on any atom is 0.323 e. The van der Waals surface area contributed by atoms with E-state index in [2.05, 4.69) is 36.3 Å². The summed E-state index contributed by atoms with van der Waals surface area (Å²) < 4.78 is 25.4. The maximum atomic E-state index is 13.4. The molecule has 3 rings (SSSR count). The molecule has 1 aliphatic rings. The molecule has 2 aromatic carbocycles. The molecular weight excluding hydrogens is 463 g/mol. The topological polar surface area (TPSA) is 83.1 Å². The number of fused-ring (bicyclic) bond motifs is 1. The van der Waals surface area contributed by atoms with Gasteiger partial charge in [-0.1, -0.05) is 19.9 Å². The van der Waals surface area contributed by atoms with Gasteiger partial charge >= 0.3 is 6.03 Å². The third-order valence-electron chi connectivity index (χ3n) is 6.43. The van der Waals surface area contributed by atoms with Crippen LogP contribution in [0.25, 0.3) is 0 Å². The second kappa shape index (κ2) is 12.7. The lowest BCUT2D eigenvalue weighted by molar-refractivity contribution is 0.0108. The predicted octanol–water partition coefficient (Wildman–Crippen LogP) is 4.69. The number of carbonyl (C=O) groups excluding carboxylic acids is 2. The van der Waals surface area contributed by atoms with Gasteiger partial charge in [-0.2, -0.15) is 0 Å². The van der Waals surface area contributed by atoms with Gasteiger partial charge in [0.15, 0.2) is 0 Å².